The minimum Gasteiger partial charge on any atom is -0.846 e. The maximum atomic E-state index is 10.4. The maximum absolute atomic E-state index is 10.4. The van der Waals surface area contributed by atoms with Crippen molar-refractivity contribution in [2.75, 3.05) is 0 Å². The number of hydrogen-bond donors (Lipinski definition) is 1. The molecule has 0 unspecified atom stereocenters. The Bertz CT molecular complexity index is 352. The normalized spacial score (nSPS) is 7.43. The van der Waals surface area contributed by atoms with Crippen molar-refractivity contribution in [1.29, 1.82) is 0 Å². The summed E-state index contributed by atoms with van der Waals surface area (Å²) >= 11 is 0. The van der Waals surface area contributed by atoms with Crippen molar-refractivity contribution < 1.29 is 36.1 Å². The molecular formula is C5H6N4O4Pt. The van der Waals surface area contributed by atoms with E-state index in [2.05, 4.69) is 4.98 Å². The van der Waals surface area contributed by atoms with Gasteiger partial charge in [0.1, 0.15) is 0 Å². The van der Waals surface area contributed by atoms with Crippen molar-refractivity contribution in [2.24, 2.45) is 0 Å². The summed E-state index contributed by atoms with van der Waals surface area (Å²) in [5, 5.41) is 20.4. The number of aromatic nitrogens is 2. The van der Waals surface area contributed by atoms with Crippen LogP contribution in [0.3, 0.4) is 0 Å². The van der Waals surface area contributed by atoms with Gasteiger partial charge in [-0.1, -0.05) is 0 Å². The number of carboxylic acids is 1. The number of H-pyrrole nitrogens is 1. The molecule has 0 aliphatic rings. The number of nitrogens with one attached hydrogen (secondary N) is 1. The molecule has 0 radical (unpaired) electrons. The van der Waals surface area contributed by atoms with Gasteiger partial charge in [-0.05, 0) is 0 Å². The molecule has 0 atom stereocenters. The topological polar surface area (TPSA) is 176 Å². The molecule has 80 valence electrons. The standard InChI is InChI=1S/C5H4N2O4.2H2N.Pt/c8-3-1-2(4(9)10)6-5(11)7-3;;;/h1H,(H,9,10)(H2,6,7,8,11);2*1H2;/q;2*-1;+4/p-2. The van der Waals surface area contributed by atoms with Crippen LogP contribution in [0.4, 0.5) is 0 Å². The van der Waals surface area contributed by atoms with E-state index < -0.39 is 23.2 Å². The second-order valence-corrected chi connectivity index (χ2v) is 1.72. The summed E-state index contributed by atoms with van der Waals surface area (Å²) in [6.07, 6.45) is 0. The third-order valence-corrected chi connectivity index (χ3v) is 0.929. The second kappa shape index (κ2) is 7.19. The van der Waals surface area contributed by atoms with Gasteiger partial charge in [0.15, 0.2) is 0 Å². The molecule has 0 bridgehead atoms. The van der Waals surface area contributed by atoms with Crippen molar-refractivity contribution in [2.45, 2.75) is 0 Å². The Kier molecular flexibility index (Phi) is 9.51. The van der Waals surface area contributed by atoms with E-state index in [-0.39, 0.29) is 33.4 Å². The van der Waals surface area contributed by atoms with Crippen LogP contribution >= 0.6 is 0 Å². The van der Waals surface area contributed by atoms with Crippen LogP contribution in [0.15, 0.2) is 10.9 Å². The molecule has 0 spiro atoms. The molecule has 1 aromatic rings. The van der Waals surface area contributed by atoms with Crippen LogP contribution in [0.5, 0.6) is 6.01 Å². The van der Waals surface area contributed by atoms with Gasteiger partial charge in [-0.25, -0.2) is 4.98 Å². The number of carbonyl (C=O) groups excluding carboxylic acids is 1. The zero-order chi connectivity index (χ0) is 8.43. The van der Waals surface area contributed by atoms with Gasteiger partial charge in [-0.3, -0.25) is 4.79 Å². The Hall–Kier alpha value is -1.24. The third kappa shape index (κ3) is 4.70. The van der Waals surface area contributed by atoms with E-state index in [9.17, 15) is 19.8 Å². The number of aromatic carboxylic acids is 1. The molecule has 14 heavy (non-hydrogen) atoms. The zero-order valence-electron chi connectivity index (χ0n) is 6.63. The van der Waals surface area contributed by atoms with Crippen molar-refractivity contribution in [3.8, 4) is 6.01 Å². The summed E-state index contributed by atoms with van der Waals surface area (Å²) in [6.45, 7) is 0. The fraction of sp³-hybridized carbons (Fsp3) is 0. The molecule has 0 amide bonds. The van der Waals surface area contributed by atoms with Crippen LogP contribution in [-0.4, -0.2) is 15.9 Å². The predicted molar refractivity (Wildman–Crippen MR) is 39.2 cm³/mol. The first-order valence-corrected chi connectivity index (χ1v) is 2.59. The van der Waals surface area contributed by atoms with Crippen molar-refractivity contribution in [1.82, 2.24) is 9.97 Å². The van der Waals surface area contributed by atoms with Crippen molar-refractivity contribution in [3.63, 3.8) is 0 Å². The molecule has 0 aliphatic heterocycles. The Morgan fingerprint density at radius 2 is 1.93 bits per heavy atom. The first-order chi connectivity index (χ1) is 5.09. The van der Waals surface area contributed by atoms with Gasteiger partial charge < -0.3 is 32.3 Å². The van der Waals surface area contributed by atoms with E-state index in [0.717, 1.165) is 0 Å². The van der Waals surface area contributed by atoms with E-state index in [0.29, 0.717) is 6.07 Å². The van der Waals surface area contributed by atoms with E-state index >= 15 is 0 Å². The Morgan fingerprint density at radius 1 is 1.43 bits per heavy atom. The number of aromatic amines is 1. The molecule has 9 heteroatoms. The Balaban J connectivity index is -0.000000403. The molecule has 0 aliphatic carbocycles. The van der Waals surface area contributed by atoms with Crippen LogP contribution in [0, 0.1) is 0 Å². The number of rotatable bonds is 1. The zero-order valence-corrected chi connectivity index (χ0v) is 8.90. The average molecular weight is 381 g/mol. The number of nitrogens with zero attached hydrogens (tertiary/aromatic N) is 1. The SMILES string of the molecule is O=C([O-])c1cc(=O)[nH]c([O-])n1.[NH2-].[NH2-].[Pt+4]. The van der Waals surface area contributed by atoms with Crippen LogP contribution in [0.1, 0.15) is 10.5 Å². The van der Waals surface area contributed by atoms with Gasteiger partial charge >= 0.3 is 21.1 Å². The molecule has 5 N–H and O–H groups in total. The van der Waals surface area contributed by atoms with Crippen LogP contribution in [0.25, 0.3) is 12.3 Å². The fourth-order valence-electron chi connectivity index (χ4n) is 0.540. The first-order valence-electron chi connectivity index (χ1n) is 2.59. The first kappa shape index (κ1) is 18.5. The summed E-state index contributed by atoms with van der Waals surface area (Å²) in [7, 11) is 0. The van der Waals surface area contributed by atoms with Gasteiger partial charge in [0.05, 0.1) is 17.7 Å². The molecule has 0 saturated heterocycles. The molecule has 1 rings (SSSR count). The largest absolute Gasteiger partial charge is 4.00 e. The second-order valence-electron chi connectivity index (χ2n) is 1.72. The Labute approximate surface area is 92.8 Å². The fourth-order valence-corrected chi connectivity index (χ4v) is 0.540. The molecule has 0 fully saturated rings. The summed E-state index contributed by atoms with van der Waals surface area (Å²) < 4.78 is 0. The van der Waals surface area contributed by atoms with Crippen LogP contribution < -0.4 is 15.8 Å². The van der Waals surface area contributed by atoms with Gasteiger partial charge in [0.2, 0.25) is 0 Å². The molecule has 0 aromatic carbocycles. The van der Waals surface area contributed by atoms with Gasteiger partial charge in [-0.2, -0.15) is 0 Å². The number of carboxylic acid groups (broad SMARTS) is 1. The minimum atomic E-state index is -1.65. The molecule has 8 nitrogen and oxygen atoms in total. The predicted octanol–water partition coefficient (Wildman–Crippen LogP) is -1.36. The van der Waals surface area contributed by atoms with Gasteiger partial charge in [-0.15, -0.1) is 0 Å². The molecular weight excluding hydrogens is 375 g/mol. The summed E-state index contributed by atoms with van der Waals surface area (Å²) in [5.74, 6) is -1.65. The third-order valence-electron chi connectivity index (χ3n) is 0.929. The maximum Gasteiger partial charge on any atom is 4.00 e. The van der Waals surface area contributed by atoms with Gasteiger partial charge in [0, 0.05) is 6.07 Å². The molecule has 1 aromatic heterocycles. The Morgan fingerprint density at radius 3 is 2.29 bits per heavy atom. The van der Waals surface area contributed by atoms with E-state index in [1.54, 1.807) is 4.98 Å². The summed E-state index contributed by atoms with van der Waals surface area (Å²) in [5.41, 5.74) is -1.46. The van der Waals surface area contributed by atoms with E-state index in [1.165, 1.54) is 0 Å². The summed E-state index contributed by atoms with van der Waals surface area (Å²) in [6, 6.07) is -0.312. The molecule has 0 saturated carbocycles. The van der Waals surface area contributed by atoms with E-state index in [4.69, 9.17) is 0 Å². The van der Waals surface area contributed by atoms with Crippen LogP contribution in [0.2, 0.25) is 0 Å². The monoisotopic (exact) mass is 381 g/mol. The van der Waals surface area contributed by atoms with Crippen molar-refractivity contribution >= 4 is 5.97 Å². The minimum absolute atomic E-state index is 0. The number of nitrogens with two attached hydrogens (primary N) is 2. The smallest absolute Gasteiger partial charge is 0.846 e. The van der Waals surface area contributed by atoms with Gasteiger partial charge in [0.25, 0.3) is 5.56 Å². The number of hydrogen-bond acceptors (Lipinski definition) is 5. The van der Waals surface area contributed by atoms with Crippen LogP contribution in [-0.2, 0) is 21.1 Å². The average Bonchev–Trinajstić information content (AvgIpc) is 1.85. The summed E-state index contributed by atoms with van der Waals surface area (Å²) in [4.78, 5) is 25.2. The quantitative estimate of drug-likeness (QED) is 0.630. The number of carbonyl (C=O) groups is 1. The molecule has 1 heterocycles. The van der Waals surface area contributed by atoms with E-state index in [1.807, 2.05) is 0 Å². The van der Waals surface area contributed by atoms with Crippen molar-refractivity contribution in [3.05, 3.63) is 34.4 Å².